The molecule has 1 heterocycles. The molecule has 2 amide bonds. The Balaban J connectivity index is 1.39. The van der Waals surface area contributed by atoms with Gasteiger partial charge in [-0.2, -0.15) is 0 Å². The lowest BCUT2D eigenvalue weighted by Crippen LogP contribution is -2.44. The summed E-state index contributed by atoms with van der Waals surface area (Å²) >= 11 is 0. The third-order valence-corrected chi connectivity index (χ3v) is 8.58. The van der Waals surface area contributed by atoms with Crippen molar-refractivity contribution in [1.29, 1.82) is 0 Å². The summed E-state index contributed by atoms with van der Waals surface area (Å²) in [5, 5.41) is 3.34. The first-order valence-corrected chi connectivity index (χ1v) is 15.0. The van der Waals surface area contributed by atoms with Crippen LogP contribution in [0.4, 0.5) is 11.4 Å². The van der Waals surface area contributed by atoms with Gasteiger partial charge in [-0.15, -0.1) is 0 Å². The van der Waals surface area contributed by atoms with E-state index in [1.807, 2.05) is 4.90 Å². The van der Waals surface area contributed by atoms with E-state index in [9.17, 15) is 9.59 Å². The van der Waals surface area contributed by atoms with Crippen LogP contribution in [0.25, 0.3) is 11.1 Å². The number of carbonyl (C=O) groups is 2. The van der Waals surface area contributed by atoms with Gasteiger partial charge in [0.2, 0.25) is 11.8 Å². The number of piperazine rings is 1. The summed E-state index contributed by atoms with van der Waals surface area (Å²) in [5.41, 5.74) is 11.1. The standard InChI is InChI=1S/C32H45N5O2/c1-35-17-19-36(20-18-35)30-14-13-28(22-29(30)34-31(38)25-8-3-2-4-9-25)27-10-5-7-24(21-27)23-37(16-6-15-33)32(39)26-11-12-26/h5,7,10,13-14,21-22,25-26H,2-4,6,8-9,11-12,15-20,23,33H2,1H3,(H,34,38). The SMILES string of the molecule is CN1CCN(c2ccc(-c3cccc(CN(CCCN)C(=O)C4CC4)c3)cc2NC(=O)C2CCCCC2)CC1. The number of hydrogen-bond donors (Lipinski definition) is 2. The second-order valence-corrected chi connectivity index (χ2v) is 11.7. The van der Waals surface area contributed by atoms with E-state index >= 15 is 0 Å². The Morgan fingerprint density at radius 1 is 0.923 bits per heavy atom. The summed E-state index contributed by atoms with van der Waals surface area (Å²) in [4.78, 5) is 32.9. The molecule has 39 heavy (non-hydrogen) atoms. The average molecular weight is 532 g/mol. The van der Waals surface area contributed by atoms with E-state index in [-0.39, 0.29) is 23.7 Å². The van der Waals surface area contributed by atoms with Gasteiger partial charge in [-0.1, -0.05) is 43.5 Å². The van der Waals surface area contributed by atoms with Crippen LogP contribution in [0.3, 0.4) is 0 Å². The highest BCUT2D eigenvalue weighted by atomic mass is 16.2. The Kier molecular flexibility index (Phi) is 9.20. The minimum atomic E-state index is 0.106. The summed E-state index contributed by atoms with van der Waals surface area (Å²) < 4.78 is 0. The van der Waals surface area contributed by atoms with Crippen molar-refractivity contribution >= 4 is 23.2 Å². The van der Waals surface area contributed by atoms with Gasteiger partial charge in [0.15, 0.2) is 0 Å². The number of hydrogen-bond acceptors (Lipinski definition) is 5. The van der Waals surface area contributed by atoms with E-state index in [0.717, 1.165) is 99.2 Å². The molecule has 3 N–H and O–H groups in total. The molecule has 7 nitrogen and oxygen atoms in total. The first kappa shape index (κ1) is 27.7. The molecular formula is C32H45N5O2. The van der Waals surface area contributed by atoms with Crippen molar-refractivity contribution in [1.82, 2.24) is 9.80 Å². The van der Waals surface area contributed by atoms with Gasteiger partial charge >= 0.3 is 0 Å². The number of benzene rings is 2. The third kappa shape index (κ3) is 7.20. The molecule has 1 saturated heterocycles. The number of nitrogens with two attached hydrogens (primary N) is 1. The Bertz CT molecular complexity index is 1130. The zero-order chi connectivity index (χ0) is 27.2. The number of nitrogens with one attached hydrogen (secondary N) is 1. The molecule has 0 spiro atoms. The first-order valence-electron chi connectivity index (χ1n) is 15.0. The maximum atomic E-state index is 13.3. The van der Waals surface area contributed by atoms with Crippen LogP contribution < -0.4 is 16.0 Å². The van der Waals surface area contributed by atoms with Crippen LogP contribution in [-0.4, -0.2) is 67.9 Å². The monoisotopic (exact) mass is 531 g/mol. The van der Waals surface area contributed by atoms with Crippen LogP contribution in [0, 0.1) is 11.8 Å². The number of rotatable bonds is 10. The van der Waals surface area contributed by atoms with Crippen LogP contribution in [0.5, 0.6) is 0 Å². The van der Waals surface area contributed by atoms with Gasteiger partial charge in [0.05, 0.1) is 11.4 Å². The van der Waals surface area contributed by atoms with Gasteiger partial charge in [0, 0.05) is 51.1 Å². The van der Waals surface area contributed by atoms with Crippen molar-refractivity contribution in [3.8, 4) is 11.1 Å². The summed E-state index contributed by atoms with van der Waals surface area (Å²) in [5.74, 6) is 0.723. The molecule has 0 radical (unpaired) electrons. The Morgan fingerprint density at radius 2 is 1.67 bits per heavy atom. The maximum Gasteiger partial charge on any atom is 0.227 e. The average Bonchev–Trinajstić information content (AvgIpc) is 3.82. The summed E-state index contributed by atoms with van der Waals surface area (Å²) in [6.07, 6.45) is 8.31. The minimum Gasteiger partial charge on any atom is -0.367 e. The largest absolute Gasteiger partial charge is 0.367 e. The highest BCUT2D eigenvalue weighted by molar-refractivity contribution is 5.97. The summed E-state index contributed by atoms with van der Waals surface area (Å²) in [7, 11) is 2.16. The van der Waals surface area contributed by atoms with Crippen molar-refractivity contribution in [2.24, 2.45) is 17.6 Å². The van der Waals surface area contributed by atoms with E-state index in [1.165, 1.54) is 6.42 Å². The topological polar surface area (TPSA) is 81.9 Å². The molecule has 0 aromatic heterocycles. The van der Waals surface area contributed by atoms with Gasteiger partial charge in [0.25, 0.3) is 0 Å². The molecule has 2 aromatic rings. The fraction of sp³-hybridized carbons (Fsp3) is 0.562. The van der Waals surface area contributed by atoms with E-state index < -0.39 is 0 Å². The Morgan fingerprint density at radius 3 is 2.38 bits per heavy atom. The quantitative estimate of drug-likeness (QED) is 0.464. The number of amides is 2. The predicted octanol–water partition coefficient (Wildman–Crippen LogP) is 4.71. The van der Waals surface area contributed by atoms with Crippen LogP contribution in [-0.2, 0) is 16.1 Å². The van der Waals surface area contributed by atoms with Crippen molar-refractivity contribution in [2.75, 3.05) is 56.5 Å². The van der Waals surface area contributed by atoms with Gasteiger partial charge < -0.3 is 25.8 Å². The van der Waals surface area contributed by atoms with Crippen molar-refractivity contribution in [3.63, 3.8) is 0 Å². The van der Waals surface area contributed by atoms with Gasteiger partial charge in [-0.25, -0.2) is 0 Å². The second-order valence-electron chi connectivity index (χ2n) is 11.7. The fourth-order valence-corrected chi connectivity index (χ4v) is 5.95. The highest BCUT2D eigenvalue weighted by Gasteiger charge is 2.33. The van der Waals surface area contributed by atoms with Crippen molar-refractivity contribution in [3.05, 3.63) is 48.0 Å². The van der Waals surface area contributed by atoms with E-state index in [2.05, 4.69) is 64.6 Å². The van der Waals surface area contributed by atoms with Crippen LogP contribution >= 0.6 is 0 Å². The molecule has 2 aromatic carbocycles. The zero-order valence-electron chi connectivity index (χ0n) is 23.5. The first-order chi connectivity index (χ1) is 19.0. The van der Waals surface area contributed by atoms with Gasteiger partial charge in [0.1, 0.15) is 0 Å². The lowest BCUT2D eigenvalue weighted by Gasteiger charge is -2.35. The molecular weight excluding hydrogens is 486 g/mol. The molecule has 0 unspecified atom stereocenters. The molecule has 210 valence electrons. The molecule has 2 aliphatic carbocycles. The summed E-state index contributed by atoms with van der Waals surface area (Å²) in [6.45, 7) is 5.82. The lowest BCUT2D eigenvalue weighted by atomic mass is 9.88. The molecule has 2 saturated carbocycles. The number of nitrogens with zero attached hydrogens (tertiary/aromatic N) is 3. The van der Waals surface area contributed by atoms with Crippen molar-refractivity contribution < 1.29 is 9.59 Å². The minimum absolute atomic E-state index is 0.106. The van der Waals surface area contributed by atoms with E-state index in [4.69, 9.17) is 5.73 Å². The van der Waals surface area contributed by atoms with E-state index in [0.29, 0.717) is 19.6 Å². The third-order valence-electron chi connectivity index (χ3n) is 8.58. The number of anilines is 2. The number of likely N-dealkylation sites (N-methyl/N-ethyl adjacent to an activating group) is 1. The van der Waals surface area contributed by atoms with E-state index in [1.54, 1.807) is 0 Å². The second kappa shape index (κ2) is 13.0. The van der Waals surface area contributed by atoms with Crippen LogP contribution in [0.1, 0.15) is 56.9 Å². The van der Waals surface area contributed by atoms with Gasteiger partial charge in [-0.3, -0.25) is 9.59 Å². The maximum absolute atomic E-state index is 13.3. The van der Waals surface area contributed by atoms with Crippen molar-refractivity contribution in [2.45, 2.75) is 57.9 Å². The Hall–Kier alpha value is -2.90. The van der Waals surface area contributed by atoms with Crippen LogP contribution in [0.2, 0.25) is 0 Å². The highest BCUT2D eigenvalue weighted by Crippen LogP contribution is 2.35. The molecule has 1 aliphatic heterocycles. The Labute approximate surface area is 233 Å². The van der Waals surface area contributed by atoms with Gasteiger partial charge in [-0.05, 0) is 80.6 Å². The predicted molar refractivity (Wildman–Crippen MR) is 159 cm³/mol. The van der Waals surface area contributed by atoms with Crippen LogP contribution in [0.15, 0.2) is 42.5 Å². The smallest absolute Gasteiger partial charge is 0.227 e. The lowest BCUT2D eigenvalue weighted by molar-refractivity contribution is -0.133. The molecule has 0 atom stereocenters. The molecule has 3 fully saturated rings. The number of carbonyl (C=O) groups excluding carboxylic acids is 2. The summed E-state index contributed by atoms with van der Waals surface area (Å²) in [6, 6.07) is 15.0. The fourth-order valence-electron chi connectivity index (χ4n) is 5.95. The molecule has 5 rings (SSSR count). The molecule has 3 aliphatic rings. The normalized spacial score (nSPS) is 18.7. The molecule has 0 bridgehead atoms. The zero-order valence-corrected chi connectivity index (χ0v) is 23.5. The molecule has 7 heteroatoms.